The molecule has 2 rings (SSSR count). The van der Waals surface area contributed by atoms with Crippen LogP contribution in [-0.4, -0.2) is 46.6 Å². The molecule has 6 heteroatoms. The number of likely N-dealkylation sites (N-methyl/N-ethyl adjacent to an activating group) is 1. The molecule has 0 saturated carbocycles. The lowest BCUT2D eigenvalue weighted by molar-refractivity contribution is -0.126. The minimum absolute atomic E-state index is 0.0146. The van der Waals surface area contributed by atoms with Gasteiger partial charge in [-0.2, -0.15) is 0 Å². The summed E-state index contributed by atoms with van der Waals surface area (Å²) in [5, 5.41) is 21.8. The first-order chi connectivity index (χ1) is 9.54. The van der Waals surface area contributed by atoms with Gasteiger partial charge in [0.25, 0.3) is 5.91 Å². The van der Waals surface area contributed by atoms with Crippen molar-refractivity contribution < 1.29 is 19.8 Å². The number of likely N-dealkylation sites (tertiary alicyclic amines) is 1. The number of phenols is 2. The van der Waals surface area contributed by atoms with Gasteiger partial charge in [0.2, 0.25) is 5.91 Å². The molecule has 6 nitrogen and oxygen atoms in total. The van der Waals surface area contributed by atoms with Gasteiger partial charge in [0.15, 0.2) is 0 Å². The number of nitrogens with zero attached hydrogens (tertiary/aromatic N) is 1. The summed E-state index contributed by atoms with van der Waals surface area (Å²) in [6, 6.07) is 3.26. The van der Waals surface area contributed by atoms with Crippen LogP contribution in [0.5, 0.6) is 11.5 Å². The number of carbonyl (C=O) groups is 2. The van der Waals surface area contributed by atoms with Crippen LogP contribution in [0.25, 0.3) is 0 Å². The highest BCUT2D eigenvalue weighted by atomic mass is 16.3. The van der Waals surface area contributed by atoms with Crippen molar-refractivity contribution in [2.75, 3.05) is 13.6 Å². The van der Waals surface area contributed by atoms with Gasteiger partial charge in [-0.1, -0.05) is 0 Å². The highest BCUT2D eigenvalue weighted by Crippen LogP contribution is 2.26. The first kappa shape index (κ1) is 14.2. The molecule has 0 aromatic heterocycles. The van der Waals surface area contributed by atoms with E-state index in [2.05, 4.69) is 5.32 Å². The van der Waals surface area contributed by atoms with Gasteiger partial charge >= 0.3 is 0 Å². The third-order valence-electron chi connectivity index (χ3n) is 3.52. The van der Waals surface area contributed by atoms with Crippen LogP contribution in [0, 0.1) is 0 Å². The average Bonchev–Trinajstić information content (AvgIpc) is 2.48. The molecule has 1 aromatic rings. The molecule has 108 valence electrons. The summed E-state index contributed by atoms with van der Waals surface area (Å²) >= 11 is 0. The largest absolute Gasteiger partial charge is 0.508 e. The second-order valence-electron chi connectivity index (χ2n) is 4.83. The number of rotatable bonds is 2. The maximum absolute atomic E-state index is 12.5. The van der Waals surface area contributed by atoms with E-state index in [1.54, 1.807) is 0 Å². The van der Waals surface area contributed by atoms with Crippen molar-refractivity contribution in [3.05, 3.63) is 23.8 Å². The number of benzene rings is 1. The van der Waals surface area contributed by atoms with Crippen molar-refractivity contribution in [2.45, 2.75) is 25.3 Å². The molecule has 0 spiro atoms. The number of hydrogen-bond acceptors (Lipinski definition) is 4. The fraction of sp³-hybridized carbons (Fsp3) is 0.429. The molecule has 1 aliphatic rings. The Kier molecular flexibility index (Phi) is 4.12. The van der Waals surface area contributed by atoms with Crippen LogP contribution in [0.4, 0.5) is 0 Å². The molecule has 0 bridgehead atoms. The van der Waals surface area contributed by atoms with E-state index in [0.29, 0.717) is 13.0 Å². The highest BCUT2D eigenvalue weighted by Gasteiger charge is 2.33. The van der Waals surface area contributed by atoms with Crippen molar-refractivity contribution in [2.24, 2.45) is 0 Å². The molecule has 0 radical (unpaired) electrons. The number of amides is 2. The first-order valence-electron chi connectivity index (χ1n) is 6.59. The number of nitrogens with one attached hydrogen (secondary N) is 1. The van der Waals surface area contributed by atoms with Gasteiger partial charge in [-0.15, -0.1) is 0 Å². The second kappa shape index (κ2) is 5.81. The van der Waals surface area contributed by atoms with Gasteiger partial charge in [-0.3, -0.25) is 9.59 Å². The Morgan fingerprint density at radius 1 is 1.30 bits per heavy atom. The molecule has 1 unspecified atom stereocenters. The maximum atomic E-state index is 12.5. The third-order valence-corrected chi connectivity index (χ3v) is 3.52. The lowest BCUT2D eigenvalue weighted by atomic mass is 9.99. The lowest BCUT2D eigenvalue weighted by Crippen LogP contribution is -2.51. The summed E-state index contributed by atoms with van der Waals surface area (Å²) in [5.41, 5.74) is 0.0146. The molecule has 1 saturated heterocycles. The fourth-order valence-corrected chi connectivity index (χ4v) is 2.46. The molecule has 1 aliphatic heterocycles. The molecule has 1 aromatic carbocycles. The van der Waals surface area contributed by atoms with Gasteiger partial charge in [-0.05, 0) is 37.5 Å². The fourth-order valence-electron chi connectivity index (χ4n) is 2.46. The van der Waals surface area contributed by atoms with Crippen LogP contribution in [0.15, 0.2) is 18.2 Å². The molecule has 3 N–H and O–H groups in total. The molecule has 2 amide bonds. The van der Waals surface area contributed by atoms with E-state index in [9.17, 15) is 19.8 Å². The maximum Gasteiger partial charge on any atom is 0.258 e. The Labute approximate surface area is 117 Å². The van der Waals surface area contributed by atoms with Crippen LogP contribution < -0.4 is 5.32 Å². The van der Waals surface area contributed by atoms with E-state index in [4.69, 9.17) is 0 Å². The predicted molar refractivity (Wildman–Crippen MR) is 72.5 cm³/mol. The summed E-state index contributed by atoms with van der Waals surface area (Å²) in [7, 11) is 1.53. The topological polar surface area (TPSA) is 89.9 Å². The molecule has 1 fully saturated rings. The Morgan fingerprint density at radius 2 is 2.05 bits per heavy atom. The number of phenolic OH excluding ortho intramolecular Hbond substituents is 2. The minimum atomic E-state index is -0.525. The SMILES string of the molecule is CNC(=O)C1CCCCN1C(=O)c1cc(O)ccc1O. The Morgan fingerprint density at radius 3 is 2.75 bits per heavy atom. The number of carbonyl (C=O) groups excluding carboxylic acids is 2. The van der Waals surface area contributed by atoms with Gasteiger partial charge in [0.05, 0.1) is 5.56 Å². The smallest absolute Gasteiger partial charge is 0.258 e. The van der Waals surface area contributed by atoms with Crippen LogP contribution >= 0.6 is 0 Å². The zero-order valence-electron chi connectivity index (χ0n) is 11.3. The predicted octanol–water partition coefficient (Wildman–Crippen LogP) is 0.838. The zero-order chi connectivity index (χ0) is 14.7. The second-order valence-corrected chi connectivity index (χ2v) is 4.83. The minimum Gasteiger partial charge on any atom is -0.508 e. The van der Waals surface area contributed by atoms with Crippen LogP contribution in [-0.2, 0) is 4.79 Å². The molecule has 0 aliphatic carbocycles. The quantitative estimate of drug-likeness (QED) is 0.699. The lowest BCUT2D eigenvalue weighted by Gasteiger charge is -2.34. The van der Waals surface area contributed by atoms with E-state index in [1.165, 1.54) is 30.1 Å². The van der Waals surface area contributed by atoms with Gasteiger partial charge in [-0.25, -0.2) is 0 Å². The molecule has 1 atom stereocenters. The van der Waals surface area contributed by atoms with Crippen molar-refractivity contribution in [1.82, 2.24) is 10.2 Å². The van der Waals surface area contributed by atoms with Crippen molar-refractivity contribution in [1.29, 1.82) is 0 Å². The van der Waals surface area contributed by atoms with E-state index >= 15 is 0 Å². The van der Waals surface area contributed by atoms with Gasteiger partial charge in [0.1, 0.15) is 17.5 Å². The molecule has 1 heterocycles. The van der Waals surface area contributed by atoms with Crippen LogP contribution in [0.1, 0.15) is 29.6 Å². The van der Waals surface area contributed by atoms with E-state index in [-0.39, 0.29) is 23.0 Å². The summed E-state index contributed by atoms with van der Waals surface area (Å²) < 4.78 is 0. The summed E-state index contributed by atoms with van der Waals surface area (Å²) in [6.07, 6.45) is 2.30. The average molecular weight is 278 g/mol. The number of aromatic hydroxyl groups is 2. The first-order valence-corrected chi connectivity index (χ1v) is 6.59. The number of piperidine rings is 1. The van der Waals surface area contributed by atoms with Crippen LogP contribution in [0.3, 0.4) is 0 Å². The summed E-state index contributed by atoms with van der Waals surface area (Å²) in [5.74, 6) is -0.946. The number of hydrogen-bond donors (Lipinski definition) is 3. The van der Waals surface area contributed by atoms with Crippen molar-refractivity contribution in [3.8, 4) is 11.5 Å². The highest BCUT2D eigenvalue weighted by molar-refractivity contribution is 6.00. The Bertz CT molecular complexity index is 530. The van der Waals surface area contributed by atoms with E-state index in [0.717, 1.165) is 12.8 Å². The zero-order valence-corrected chi connectivity index (χ0v) is 11.3. The monoisotopic (exact) mass is 278 g/mol. The summed E-state index contributed by atoms with van der Waals surface area (Å²) in [6.45, 7) is 0.464. The Hall–Kier alpha value is -2.24. The van der Waals surface area contributed by atoms with Crippen LogP contribution in [0.2, 0.25) is 0 Å². The van der Waals surface area contributed by atoms with Gasteiger partial charge in [0, 0.05) is 13.6 Å². The third kappa shape index (κ3) is 2.68. The van der Waals surface area contributed by atoms with Crippen molar-refractivity contribution in [3.63, 3.8) is 0 Å². The normalized spacial score (nSPS) is 18.6. The molecular weight excluding hydrogens is 260 g/mol. The molecule has 20 heavy (non-hydrogen) atoms. The summed E-state index contributed by atoms with van der Waals surface area (Å²) in [4.78, 5) is 25.8. The van der Waals surface area contributed by atoms with Crippen molar-refractivity contribution >= 4 is 11.8 Å². The Balaban J connectivity index is 2.30. The van der Waals surface area contributed by atoms with Gasteiger partial charge < -0.3 is 20.4 Å². The van der Waals surface area contributed by atoms with E-state index < -0.39 is 11.9 Å². The van der Waals surface area contributed by atoms with E-state index in [1.807, 2.05) is 0 Å². The molecular formula is C14H18N2O4. The standard InChI is InChI=1S/C14H18N2O4/c1-15-13(19)11-4-2-3-7-16(11)14(20)10-8-9(17)5-6-12(10)18/h5-6,8,11,17-18H,2-4,7H2,1H3,(H,15,19).